The van der Waals surface area contributed by atoms with Crippen molar-refractivity contribution < 1.29 is 23.2 Å². The van der Waals surface area contributed by atoms with Crippen LogP contribution in [0, 0.1) is 17.6 Å². The molecule has 4 amide bonds. The van der Waals surface area contributed by atoms with Gasteiger partial charge in [0, 0.05) is 71.6 Å². The first-order chi connectivity index (χ1) is 30.6. The Morgan fingerprint density at radius 3 is 2.24 bits per heavy atom. The molecule has 7 rings (SSSR count). The number of nitrogens with one attached hydrogen (secondary N) is 5. The monoisotopic (exact) mass is 901 g/mol. The van der Waals surface area contributed by atoms with Crippen molar-refractivity contribution in [2.24, 2.45) is 5.92 Å². The molecule has 0 bridgehead atoms. The minimum absolute atomic E-state index is 0.145. The Labute approximate surface area is 376 Å². The van der Waals surface area contributed by atoms with E-state index in [0.717, 1.165) is 79.1 Å². The zero-order chi connectivity index (χ0) is 44.1. The smallest absolute Gasteiger partial charge is 0.319 e. The predicted octanol–water partition coefficient (Wildman–Crippen LogP) is 7.80. The number of amides is 4. The van der Waals surface area contributed by atoms with E-state index in [2.05, 4.69) is 36.5 Å². The Bertz CT molecular complexity index is 2320. The highest BCUT2D eigenvalue weighted by molar-refractivity contribution is 6.36. The van der Waals surface area contributed by atoms with Crippen molar-refractivity contribution in [1.82, 2.24) is 40.9 Å². The van der Waals surface area contributed by atoms with Crippen molar-refractivity contribution in [3.05, 3.63) is 123 Å². The van der Waals surface area contributed by atoms with Crippen LogP contribution in [0.25, 0.3) is 10.9 Å². The molecule has 0 radical (unpaired) electrons. The maximum atomic E-state index is 14.4. The van der Waals surface area contributed by atoms with Crippen LogP contribution in [0.5, 0.6) is 0 Å². The molecule has 0 unspecified atom stereocenters. The Kier molecular flexibility index (Phi) is 16.4. The molecule has 16 heteroatoms. The lowest BCUT2D eigenvalue weighted by molar-refractivity contribution is -0.129. The molecular weight excluding hydrogens is 847 g/mol. The van der Waals surface area contributed by atoms with Crippen molar-refractivity contribution in [3.63, 3.8) is 0 Å². The number of benzene rings is 3. The Balaban J connectivity index is 1.06. The van der Waals surface area contributed by atoms with Crippen LogP contribution in [-0.4, -0.2) is 82.3 Å². The van der Waals surface area contributed by atoms with Crippen LogP contribution in [0.1, 0.15) is 73.8 Å². The number of rotatable bonds is 20. The summed E-state index contributed by atoms with van der Waals surface area (Å²) >= 11 is 13.1. The number of carbonyl (C=O) groups is 3. The van der Waals surface area contributed by atoms with E-state index in [1.54, 1.807) is 54.9 Å². The number of fused-ring (bicyclic) bond motifs is 1. The molecule has 2 fully saturated rings. The van der Waals surface area contributed by atoms with Crippen molar-refractivity contribution >= 4 is 57.6 Å². The maximum absolute atomic E-state index is 14.4. The molecule has 334 valence electrons. The van der Waals surface area contributed by atoms with Crippen LogP contribution in [0.3, 0.4) is 0 Å². The molecule has 1 aliphatic heterocycles. The van der Waals surface area contributed by atoms with Gasteiger partial charge in [0.1, 0.15) is 12.1 Å². The van der Waals surface area contributed by atoms with Gasteiger partial charge in [0.15, 0.2) is 11.6 Å². The quantitative estimate of drug-likeness (QED) is 0.0502. The Morgan fingerprint density at radius 2 is 1.49 bits per heavy atom. The lowest BCUT2D eigenvalue weighted by atomic mass is 10.0. The second kappa shape index (κ2) is 22.5. The summed E-state index contributed by atoms with van der Waals surface area (Å²) in [5.74, 6) is -2.41. The molecule has 12 nitrogen and oxygen atoms in total. The number of pyridine rings is 1. The van der Waals surface area contributed by atoms with Crippen LogP contribution < -0.4 is 26.6 Å². The molecule has 2 atom stereocenters. The number of aromatic nitrogens is 3. The Morgan fingerprint density at radius 1 is 0.762 bits per heavy atom. The van der Waals surface area contributed by atoms with Crippen LogP contribution in [0.2, 0.25) is 10.0 Å². The van der Waals surface area contributed by atoms with Crippen LogP contribution in [-0.2, 0) is 35.5 Å². The molecule has 0 spiro atoms. The number of carbonyl (C=O) groups excluding carboxylic acids is 3. The number of hydrogen-bond acceptors (Lipinski definition) is 7. The van der Waals surface area contributed by atoms with Gasteiger partial charge in [-0.15, -0.1) is 0 Å². The van der Waals surface area contributed by atoms with Gasteiger partial charge < -0.3 is 26.6 Å². The van der Waals surface area contributed by atoms with E-state index in [1.807, 2.05) is 10.7 Å². The van der Waals surface area contributed by atoms with Crippen LogP contribution in [0.15, 0.2) is 79.1 Å². The van der Waals surface area contributed by atoms with Gasteiger partial charge in [-0.25, -0.2) is 13.6 Å². The van der Waals surface area contributed by atoms with E-state index in [0.29, 0.717) is 40.9 Å². The highest BCUT2D eigenvalue weighted by Crippen LogP contribution is 2.30. The van der Waals surface area contributed by atoms with Gasteiger partial charge in [-0.1, -0.05) is 61.0 Å². The molecule has 5 N–H and O–H groups in total. The van der Waals surface area contributed by atoms with Gasteiger partial charge >= 0.3 is 6.03 Å². The minimum Gasteiger partial charge on any atom is -0.353 e. The molecule has 1 aliphatic carbocycles. The summed E-state index contributed by atoms with van der Waals surface area (Å²) in [6, 6.07) is 14.5. The van der Waals surface area contributed by atoms with Gasteiger partial charge in [-0.2, -0.15) is 5.10 Å². The number of urea groups is 1. The highest BCUT2D eigenvalue weighted by Gasteiger charge is 2.28. The van der Waals surface area contributed by atoms with Crippen LogP contribution >= 0.6 is 23.2 Å². The van der Waals surface area contributed by atoms with E-state index < -0.39 is 41.6 Å². The number of likely N-dealkylation sites (tertiary alicyclic amines) is 1. The first-order valence-electron chi connectivity index (χ1n) is 21.9. The second-order valence-electron chi connectivity index (χ2n) is 16.6. The third-order valence-corrected chi connectivity index (χ3v) is 12.6. The second-order valence-corrected chi connectivity index (χ2v) is 17.4. The third kappa shape index (κ3) is 13.0. The zero-order valence-corrected chi connectivity index (χ0v) is 36.8. The van der Waals surface area contributed by atoms with E-state index >= 15 is 0 Å². The highest BCUT2D eigenvalue weighted by atomic mass is 35.5. The first kappa shape index (κ1) is 45.9. The largest absolute Gasteiger partial charge is 0.353 e. The number of nitrogens with zero attached hydrogens (tertiary/aromatic N) is 4. The molecule has 63 heavy (non-hydrogen) atoms. The molecule has 2 aliphatic rings. The molecule has 3 aromatic carbocycles. The van der Waals surface area contributed by atoms with Gasteiger partial charge in [0.25, 0.3) is 0 Å². The standard InChI is InChI=1S/C47H55Cl2F2N9O3/c48-37-10-5-11-38(49)36(37)29-60-44-28-34(13-14-35(44)43(58-60)30-59-23-3-4-24-59)55-47(63)57-42(27-33-12-15-39(50)40(51)25-33)46(62)56-41(26-32-16-19-53-20-17-32)45(61)54-22-21-52-18-6-9-31-7-1-2-8-31/h5,10-17,19-20,25,28,31,41-42,52H,1-4,6-9,18,21-24,26-27,29-30H2,(H,54,61)(H,56,62)(H2,55,57,63)/t41-,42-/m0/s1. The van der Waals surface area contributed by atoms with Gasteiger partial charge in [-0.3, -0.25) is 24.2 Å². The van der Waals surface area contributed by atoms with Crippen LogP contribution in [0.4, 0.5) is 19.3 Å². The summed E-state index contributed by atoms with van der Waals surface area (Å²) in [7, 11) is 0. The van der Waals surface area contributed by atoms with Crippen molar-refractivity contribution in [1.29, 1.82) is 0 Å². The first-order valence-corrected chi connectivity index (χ1v) is 22.7. The summed E-state index contributed by atoms with van der Waals surface area (Å²) in [4.78, 5) is 48.1. The molecule has 1 saturated carbocycles. The third-order valence-electron chi connectivity index (χ3n) is 11.9. The summed E-state index contributed by atoms with van der Waals surface area (Å²) in [5.41, 5.74) is 3.75. The zero-order valence-electron chi connectivity index (χ0n) is 35.3. The lowest BCUT2D eigenvalue weighted by Gasteiger charge is -2.24. The van der Waals surface area contributed by atoms with Gasteiger partial charge in [0.2, 0.25) is 11.8 Å². The van der Waals surface area contributed by atoms with E-state index in [-0.39, 0.29) is 24.9 Å². The van der Waals surface area contributed by atoms with Gasteiger partial charge in [-0.05, 0) is 117 Å². The van der Waals surface area contributed by atoms with E-state index in [9.17, 15) is 23.2 Å². The topological polar surface area (TPSA) is 145 Å². The Hall–Kier alpha value is -5.15. The lowest BCUT2D eigenvalue weighted by Crippen LogP contribution is -2.56. The van der Waals surface area contributed by atoms with Crippen molar-refractivity contribution in [3.8, 4) is 0 Å². The molecule has 1 saturated heterocycles. The average Bonchev–Trinajstić information content (AvgIpc) is 4.06. The summed E-state index contributed by atoms with van der Waals surface area (Å²) in [6.07, 6.45) is 13.0. The summed E-state index contributed by atoms with van der Waals surface area (Å²) in [6.45, 7) is 4.67. The minimum atomic E-state index is -1.30. The molecule has 2 aromatic heterocycles. The summed E-state index contributed by atoms with van der Waals surface area (Å²) < 4.78 is 30.2. The predicted molar refractivity (Wildman–Crippen MR) is 243 cm³/mol. The fourth-order valence-corrected chi connectivity index (χ4v) is 9.07. The normalized spacial score (nSPS) is 15.4. The van der Waals surface area contributed by atoms with Crippen molar-refractivity contribution in [2.45, 2.75) is 89.4 Å². The number of halogens is 4. The molecule has 3 heterocycles. The fraction of sp³-hybridized carbons (Fsp3) is 0.426. The average molecular weight is 903 g/mol. The van der Waals surface area contributed by atoms with E-state index in [1.165, 1.54) is 38.2 Å². The fourth-order valence-electron chi connectivity index (χ4n) is 8.55. The van der Waals surface area contributed by atoms with Crippen molar-refractivity contribution in [2.75, 3.05) is 38.0 Å². The SMILES string of the molecule is O=C(Nc1ccc2c(CN3CCCC3)nn(Cc3c(Cl)cccc3Cl)c2c1)N[C@@H](Cc1ccc(F)c(F)c1)C(=O)N[C@@H](Cc1ccncc1)C(=O)NCCNCCCC1CCCC1. The van der Waals surface area contributed by atoms with E-state index in [4.69, 9.17) is 28.3 Å². The maximum Gasteiger partial charge on any atom is 0.319 e. The molecular formula is C47H55Cl2F2N9O3. The summed E-state index contributed by atoms with van der Waals surface area (Å²) in [5, 5.41) is 21.6. The molecule has 5 aromatic rings. The van der Waals surface area contributed by atoms with Gasteiger partial charge in [0.05, 0.1) is 17.8 Å². The number of hydrogen-bond donors (Lipinski definition) is 5. The number of anilines is 1.